The number of alkyl halides is 4. The molecular weight excluding hydrogens is 442 g/mol. The number of fused-ring (bicyclic) bond motifs is 1. The molecule has 2 unspecified atom stereocenters. The third-order valence-corrected chi connectivity index (χ3v) is 4.81. The van der Waals surface area contributed by atoms with Gasteiger partial charge in [-0.3, -0.25) is 0 Å². The summed E-state index contributed by atoms with van der Waals surface area (Å²) in [5.74, 6) is -4.74. The fourth-order valence-electron chi connectivity index (χ4n) is 2.97. The number of nitrogen functional groups attached to an aromatic ring is 1. The zero-order chi connectivity index (χ0) is 23.6. The number of nitrogens with two attached hydrogens (primary N) is 1. The lowest BCUT2D eigenvalue weighted by molar-refractivity contribution is -0.147. The molecule has 0 amide bonds. The van der Waals surface area contributed by atoms with E-state index in [0.717, 1.165) is 24.2 Å². The van der Waals surface area contributed by atoms with E-state index in [4.69, 9.17) is 10.5 Å². The van der Waals surface area contributed by atoms with Crippen molar-refractivity contribution in [2.45, 2.75) is 31.6 Å². The highest BCUT2D eigenvalue weighted by molar-refractivity contribution is 5.62. The van der Waals surface area contributed by atoms with Crippen molar-refractivity contribution in [1.82, 2.24) is 24.9 Å². The molecule has 0 aliphatic carbocycles. The van der Waals surface area contributed by atoms with Gasteiger partial charge >= 0.3 is 6.18 Å². The van der Waals surface area contributed by atoms with E-state index >= 15 is 0 Å². The Labute approximate surface area is 178 Å². The number of nitrogens with one attached hydrogen (secondary N) is 1. The van der Waals surface area contributed by atoms with Gasteiger partial charge in [-0.25, -0.2) is 27.7 Å². The number of hydrogen-bond acceptors (Lipinski definition) is 6. The van der Waals surface area contributed by atoms with Crippen molar-refractivity contribution >= 4 is 11.5 Å². The van der Waals surface area contributed by atoms with E-state index in [1.165, 1.54) is 13.2 Å². The molecule has 0 aromatic carbocycles. The van der Waals surface area contributed by atoms with Gasteiger partial charge in [0.15, 0.2) is 23.1 Å². The number of aromatic nitrogens is 4. The van der Waals surface area contributed by atoms with Crippen LogP contribution in [0.5, 0.6) is 5.75 Å². The molecular formula is C19H20F6N6O. The number of rotatable bonds is 3. The molecule has 13 heteroatoms. The number of pyridine rings is 1. The van der Waals surface area contributed by atoms with Gasteiger partial charge in [0.05, 0.1) is 19.2 Å². The van der Waals surface area contributed by atoms with Crippen LogP contribution < -0.4 is 15.8 Å². The van der Waals surface area contributed by atoms with Crippen molar-refractivity contribution in [3.05, 3.63) is 35.7 Å². The van der Waals surface area contributed by atoms with Crippen LogP contribution in [0.3, 0.4) is 0 Å². The first-order valence-electron chi connectivity index (χ1n) is 9.49. The molecule has 7 nitrogen and oxygen atoms in total. The molecule has 1 aliphatic rings. The molecule has 3 aromatic rings. The number of halogens is 6. The molecule has 0 bridgehead atoms. The van der Waals surface area contributed by atoms with Crippen LogP contribution in [0.4, 0.5) is 32.2 Å². The zero-order valence-corrected chi connectivity index (χ0v) is 17.1. The lowest BCUT2D eigenvalue weighted by Crippen LogP contribution is -2.20. The maximum Gasteiger partial charge on any atom is 0.397 e. The number of nitrogens with zero attached hydrogens (tertiary/aromatic N) is 4. The van der Waals surface area contributed by atoms with Crippen LogP contribution in [0, 0.1) is 11.6 Å². The van der Waals surface area contributed by atoms with Crippen LogP contribution in [-0.4, -0.2) is 52.1 Å². The first-order chi connectivity index (χ1) is 15.0. The fourth-order valence-corrected chi connectivity index (χ4v) is 2.97. The minimum Gasteiger partial charge on any atom is -0.495 e. The monoisotopic (exact) mass is 462 g/mol. The van der Waals surface area contributed by atoms with Gasteiger partial charge in [0.1, 0.15) is 29.0 Å². The quantitative estimate of drug-likeness (QED) is 0.578. The van der Waals surface area contributed by atoms with Gasteiger partial charge in [0.25, 0.3) is 0 Å². The Bertz CT molecular complexity index is 1100. The third kappa shape index (κ3) is 4.87. The second-order valence-corrected chi connectivity index (χ2v) is 7.05. The Morgan fingerprint density at radius 2 is 1.97 bits per heavy atom. The van der Waals surface area contributed by atoms with Crippen molar-refractivity contribution in [2.24, 2.45) is 0 Å². The Morgan fingerprint density at radius 3 is 2.50 bits per heavy atom. The van der Waals surface area contributed by atoms with Gasteiger partial charge in [-0.1, -0.05) is 0 Å². The van der Waals surface area contributed by atoms with E-state index in [0.29, 0.717) is 19.0 Å². The van der Waals surface area contributed by atoms with Crippen LogP contribution >= 0.6 is 0 Å². The molecule has 3 aromatic heterocycles. The highest BCUT2D eigenvalue weighted by Gasteiger charge is 2.40. The van der Waals surface area contributed by atoms with E-state index in [1.807, 2.05) is 0 Å². The summed E-state index contributed by atoms with van der Waals surface area (Å²) in [6, 6.07) is 1.76. The molecule has 1 aliphatic heterocycles. The van der Waals surface area contributed by atoms with Crippen molar-refractivity contribution in [2.75, 3.05) is 25.9 Å². The minimum atomic E-state index is -4.57. The average Bonchev–Trinajstić information content (AvgIpc) is 3.37. The highest BCUT2D eigenvalue weighted by Crippen LogP contribution is 2.38. The predicted molar refractivity (Wildman–Crippen MR) is 104 cm³/mol. The summed E-state index contributed by atoms with van der Waals surface area (Å²) in [4.78, 5) is 7.56. The topological polar surface area (TPSA) is 90.4 Å². The molecule has 1 fully saturated rings. The standard InChI is InChI=1S/C15H12F5N5O.C4H8FN/c1-6(15(18,19)20)12-10(26-2)4-11-22-5-9(25(11)24-12)13-7(16)3-8(17)14(21)23-13;5-4-1-2-6-3-4/h3-6H,1-2H3,(H2,21,23);4,6H,1-3H2. The SMILES string of the molecule is COc1cc2ncc(-c3nc(N)c(F)cc3F)n2nc1C(C)C(F)(F)F.FC1CCNC1. The molecule has 32 heavy (non-hydrogen) atoms. The molecule has 0 radical (unpaired) electrons. The molecule has 1 saturated heterocycles. The third-order valence-electron chi connectivity index (χ3n) is 4.81. The second-order valence-electron chi connectivity index (χ2n) is 7.05. The number of anilines is 1. The summed E-state index contributed by atoms with van der Waals surface area (Å²) in [5.41, 5.74) is 4.56. The number of methoxy groups -OCH3 is 1. The van der Waals surface area contributed by atoms with Crippen molar-refractivity contribution in [1.29, 1.82) is 0 Å². The van der Waals surface area contributed by atoms with Crippen molar-refractivity contribution < 1.29 is 31.1 Å². The summed E-state index contributed by atoms with van der Waals surface area (Å²) in [7, 11) is 1.20. The van der Waals surface area contributed by atoms with E-state index in [9.17, 15) is 26.3 Å². The van der Waals surface area contributed by atoms with Crippen LogP contribution in [-0.2, 0) is 0 Å². The normalized spacial score (nSPS) is 17.2. The molecule has 3 N–H and O–H groups in total. The Morgan fingerprint density at radius 1 is 1.25 bits per heavy atom. The number of hydrogen-bond donors (Lipinski definition) is 2. The zero-order valence-electron chi connectivity index (χ0n) is 17.1. The molecule has 4 heterocycles. The van der Waals surface area contributed by atoms with Crippen LogP contribution in [0.25, 0.3) is 17.0 Å². The Hall–Kier alpha value is -3.09. The molecule has 4 rings (SSSR count). The maximum absolute atomic E-state index is 14.1. The second kappa shape index (κ2) is 9.18. The predicted octanol–water partition coefficient (Wildman–Crippen LogP) is 3.64. The van der Waals surface area contributed by atoms with E-state index in [-0.39, 0.29) is 22.8 Å². The summed E-state index contributed by atoms with van der Waals surface area (Å²) >= 11 is 0. The highest BCUT2D eigenvalue weighted by atomic mass is 19.4. The summed E-state index contributed by atoms with van der Waals surface area (Å²) in [6.07, 6.45) is -3.28. The van der Waals surface area contributed by atoms with Crippen molar-refractivity contribution in [3.63, 3.8) is 0 Å². The number of imidazole rings is 1. The lowest BCUT2D eigenvalue weighted by atomic mass is 10.1. The van der Waals surface area contributed by atoms with E-state index in [2.05, 4.69) is 20.4 Å². The van der Waals surface area contributed by atoms with E-state index < -0.39 is 41.4 Å². The van der Waals surface area contributed by atoms with Gasteiger partial charge in [0.2, 0.25) is 0 Å². The fraction of sp³-hybridized carbons (Fsp3) is 0.421. The van der Waals surface area contributed by atoms with Gasteiger partial charge in [-0.15, -0.1) is 0 Å². The molecule has 0 saturated carbocycles. The lowest BCUT2D eigenvalue weighted by Gasteiger charge is -2.18. The molecule has 0 spiro atoms. The smallest absolute Gasteiger partial charge is 0.397 e. The van der Waals surface area contributed by atoms with Crippen LogP contribution in [0.2, 0.25) is 0 Å². The van der Waals surface area contributed by atoms with Crippen LogP contribution in [0.15, 0.2) is 18.3 Å². The van der Waals surface area contributed by atoms with Gasteiger partial charge in [-0.2, -0.15) is 18.3 Å². The first kappa shape index (κ1) is 23.6. The number of ether oxygens (including phenoxy) is 1. The maximum atomic E-state index is 14.1. The Balaban J connectivity index is 0.000000416. The van der Waals surface area contributed by atoms with Crippen LogP contribution in [0.1, 0.15) is 25.0 Å². The summed E-state index contributed by atoms with van der Waals surface area (Å²) in [6.45, 7) is 2.35. The molecule has 2 atom stereocenters. The van der Waals surface area contributed by atoms with Gasteiger partial charge in [0, 0.05) is 18.7 Å². The van der Waals surface area contributed by atoms with E-state index in [1.54, 1.807) is 0 Å². The molecule has 174 valence electrons. The first-order valence-corrected chi connectivity index (χ1v) is 9.49. The minimum absolute atomic E-state index is 0.0810. The Kier molecular flexibility index (Phi) is 6.77. The largest absolute Gasteiger partial charge is 0.495 e. The van der Waals surface area contributed by atoms with Gasteiger partial charge < -0.3 is 15.8 Å². The van der Waals surface area contributed by atoms with Gasteiger partial charge in [-0.05, 0) is 19.9 Å². The summed E-state index contributed by atoms with van der Waals surface area (Å²) < 4.78 is 84.5. The summed E-state index contributed by atoms with van der Waals surface area (Å²) in [5, 5.41) is 6.81. The van der Waals surface area contributed by atoms with Crippen molar-refractivity contribution in [3.8, 4) is 17.1 Å². The average molecular weight is 462 g/mol.